The van der Waals surface area contributed by atoms with Crippen LogP contribution in [0.25, 0.3) is 0 Å². The van der Waals surface area contributed by atoms with Crippen molar-refractivity contribution in [2.24, 2.45) is 5.92 Å². The lowest BCUT2D eigenvalue weighted by Gasteiger charge is -2.29. The quantitative estimate of drug-likeness (QED) is 0.490. The van der Waals surface area contributed by atoms with Gasteiger partial charge in [-0.25, -0.2) is 0 Å². The van der Waals surface area contributed by atoms with Gasteiger partial charge in [0.25, 0.3) is 0 Å². The molecule has 0 N–H and O–H groups in total. The molecule has 0 aromatic rings. The van der Waals surface area contributed by atoms with E-state index in [9.17, 15) is 0 Å². The van der Waals surface area contributed by atoms with Gasteiger partial charge in [-0.15, -0.1) is 0 Å². The number of allylic oxidation sites excluding steroid dienone is 1. The molecular weight excluding hydrogens is 168 g/mol. The summed E-state index contributed by atoms with van der Waals surface area (Å²) in [6.07, 6.45) is 5.50. The van der Waals surface area contributed by atoms with E-state index in [-0.39, 0.29) is 5.92 Å². The summed E-state index contributed by atoms with van der Waals surface area (Å²) in [6, 6.07) is 0. The molecule has 13 heavy (non-hydrogen) atoms. The second-order valence-corrected chi connectivity index (χ2v) is 2.85. The molecule has 0 aromatic carbocycles. The number of hydrogen-bond donors (Lipinski definition) is 0. The summed E-state index contributed by atoms with van der Waals surface area (Å²) >= 11 is 0. The van der Waals surface area contributed by atoms with Crippen molar-refractivity contribution in [3.63, 3.8) is 0 Å². The van der Waals surface area contributed by atoms with Gasteiger partial charge in [-0.2, -0.15) is 0 Å². The summed E-state index contributed by atoms with van der Waals surface area (Å²) in [5, 5.41) is 0. The standard InChI is InChI=1S/C10H15O3/c1-8-5-6-10(12-3,13-4)7-9(8)11-2/h5-8H,1H2,2-4H3. The molecular formula is C10H15O3. The molecule has 0 saturated heterocycles. The van der Waals surface area contributed by atoms with Crippen LogP contribution in [0.5, 0.6) is 0 Å². The smallest absolute Gasteiger partial charge is 0.211 e. The van der Waals surface area contributed by atoms with Crippen molar-refractivity contribution in [3.8, 4) is 0 Å². The topological polar surface area (TPSA) is 27.7 Å². The summed E-state index contributed by atoms with van der Waals surface area (Å²) in [4.78, 5) is 0. The van der Waals surface area contributed by atoms with Crippen molar-refractivity contribution < 1.29 is 14.2 Å². The van der Waals surface area contributed by atoms with Crippen LogP contribution in [0, 0.1) is 12.8 Å². The fraction of sp³-hybridized carbons (Fsp3) is 0.500. The van der Waals surface area contributed by atoms with E-state index in [1.165, 1.54) is 0 Å². The third kappa shape index (κ3) is 1.92. The Labute approximate surface area is 79.0 Å². The maximum atomic E-state index is 5.22. The van der Waals surface area contributed by atoms with E-state index in [4.69, 9.17) is 14.2 Å². The van der Waals surface area contributed by atoms with Gasteiger partial charge in [-0.3, -0.25) is 0 Å². The molecule has 1 radical (unpaired) electrons. The second-order valence-electron chi connectivity index (χ2n) is 2.85. The van der Waals surface area contributed by atoms with Crippen LogP contribution in [0.2, 0.25) is 0 Å². The summed E-state index contributed by atoms with van der Waals surface area (Å²) in [5.41, 5.74) is 0. The van der Waals surface area contributed by atoms with Crippen LogP contribution in [-0.4, -0.2) is 27.1 Å². The maximum Gasteiger partial charge on any atom is 0.211 e. The molecule has 3 heteroatoms. The van der Waals surface area contributed by atoms with Gasteiger partial charge in [0.1, 0.15) is 5.76 Å². The van der Waals surface area contributed by atoms with Crippen molar-refractivity contribution in [2.45, 2.75) is 5.79 Å². The lowest BCUT2D eigenvalue weighted by molar-refractivity contribution is -0.136. The minimum absolute atomic E-state index is 0.0309. The molecule has 0 amide bonds. The molecule has 1 atom stereocenters. The van der Waals surface area contributed by atoms with Crippen molar-refractivity contribution in [1.29, 1.82) is 0 Å². The van der Waals surface area contributed by atoms with Gasteiger partial charge < -0.3 is 14.2 Å². The summed E-state index contributed by atoms with van der Waals surface area (Å²) < 4.78 is 15.6. The molecule has 73 valence electrons. The molecule has 0 aromatic heterocycles. The second kappa shape index (κ2) is 3.94. The Morgan fingerprint density at radius 2 is 1.92 bits per heavy atom. The van der Waals surface area contributed by atoms with E-state index in [2.05, 4.69) is 6.92 Å². The Hall–Kier alpha value is -0.800. The maximum absolute atomic E-state index is 5.22. The minimum atomic E-state index is -0.792. The largest absolute Gasteiger partial charge is 0.501 e. The highest BCUT2D eigenvalue weighted by Crippen LogP contribution is 2.27. The number of methoxy groups -OCH3 is 3. The van der Waals surface area contributed by atoms with Crippen molar-refractivity contribution in [1.82, 2.24) is 0 Å². The van der Waals surface area contributed by atoms with E-state index in [1.54, 1.807) is 27.4 Å². The molecule has 1 aliphatic rings. The van der Waals surface area contributed by atoms with Crippen LogP contribution in [0.4, 0.5) is 0 Å². The van der Waals surface area contributed by atoms with Crippen molar-refractivity contribution in [3.05, 3.63) is 30.9 Å². The average Bonchev–Trinajstić information content (AvgIpc) is 2.19. The summed E-state index contributed by atoms with van der Waals surface area (Å²) in [6.45, 7) is 3.89. The number of ether oxygens (including phenoxy) is 3. The zero-order valence-electron chi connectivity index (χ0n) is 8.24. The van der Waals surface area contributed by atoms with E-state index in [1.807, 2.05) is 12.2 Å². The molecule has 0 saturated carbocycles. The van der Waals surface area contributed by atoms with Gasteiger partial charge in [0.2, 0.25) is 5.79 Å². The monoisotopic (exact) mass is 183 g/mol. The fourth-order valence-electron chi connectivity index (χ4n) is 1.25. The normalized spacial score (nSPS) is 25.5. The van der Waals surface area contributed by atoms with Crippen LogP contribution < -0.4 is 0 Å². The van der Waals surface area contributed by atoms with Crippen LogP contribution in [0.1, 0.15) is 0 Å². The molecule has 1 aliphatic carbocycles. The molecule has 0 bridgehead atoms. The van der Waals surface area contributed by atoms with Gasteiger partial charge in [0.05, 0.1) is 7.11 Å². The van der Waals surface area contributed by atoms with Crippen molar-refractivity contribution >= 4 is 0 Å². The predicted octanol–water partition coefficient (Wildman–Crippen LogP) is 1.53. The SMILES string of the molecule is [CH2]C1C=CC(OC)(OC)C=C1OC. The third-order valence-corrected chi connectivity index (χ3v) is 2.14. The highest BCUT2D eigenvalue weighted by molar-refractivity contribution is 5.24. The van der Waals surface area contributed by atoms with Crippen LogP contribution in [-0.2, 0) is 14.2 Å². The Kier molecular flexibility index (Phi) is 3.12. The summed E-state index contributed by atoms with van der Waals surface area (Å²) in [7, 11) is 4.78. The van der Waals surface area contributed by atoms with E-state index < -0.39 is 5.79 Å². The molecule has 3 nitrogen and oxygen atoms in total. The molecule has 0 spiro atoms. The average molecular weight is 183 g/mol. The summed E-state index contributed by atoms with van der Waals surface area (Å²) in [5.74, 6) is -0.00544. The van der Waals surface area contributed by atoms with E-state index >= 15 is 0 Å². The lowest BCUT2D eigenvalue weighted by Crippen LogP contribution is -2.32. The first kappa shape index (κ1) is 10.3. The first-order chi connectivity index (χ1) is 6.17. The third-order valence-electron chi connectivity index (χ3n) is 2.14. The highest BCUT2D eigenvalue weighted by atomic mass is 16.7. The van der Waals surface area contributed by atoms with Gasteiger partial charge in [-0.1, -0.05) is 6.08 Å². The fourth-order valence-corrected chi connectivity index (χ4v) is 1.25. The highest BCUT2D eigenvalue weighted by Gasteiger charge is 2.29. The van der Waals surface area contributed by atoms with E-state index in [0.29, 0.717) is 0 Å². The van der Waals surface area contributed by atoms with Gasteiger partial charge >= 0.3 is 0 Å². The van der Waals surface area contributed by atoms with Gasteiger partial charge in [0, 0.05) is 26.2 Å². The van der Waals surface area contributed by atoms with Crippen LogP contribution in [0.15, 0.2) is 24.0 Å². The Morgan fingerprint density at radius 1 is 1.31 bits per heavy atom. The van der Waals surface area contributed by atoms with Gasteiger partial charge in [0.15, 0.2) is 0 Å². The van der Waals surface area contributed by atoms with Crippen LogP contribution in [0.3, 0.4) is 0 Å². The van der Waals surface area contributed by atoms with Crippen molar-refractivity contribution in [2.75, 3.05) is 21.3 Å². The first-order valence-electron chi connectivity index (χ1n) is 4.07. The molecule has 0 aliphatic heterocycles. The molecule has 1 unspecified atom stereocenters. The number of rotatable bonds is 3. The number of hydrogen-bond acceptors (Lipinski definition) is 3. The Balaban J connectivity index is 2.91. The predicted molar refractivity (Wildman–Crippen MR) is 49.8 cm³/mol. The molecule has 1 rings (SSSR count). The zero-order valence-corrected chi connectivity index (χ0v) is 8.24. The minimum Gasteiger partial charge on any atom is -0.501 e. The first-order valence-corrected chi connectivity index (χ1v) is 4.07. The molecule has 0 heterocycles. The van der Waals surface area contributed by atoms with E-state index in [0.717, 1.165) is 5.76 Å². The zero-order chi connectivity index (χ0) is 9.90. The molecule has 0 fully saturated rings. The van der Waals surface area contributed by atoms with Crippen LogP contribution >= 0.6 is 0 Å². The lowest BCUT2D eigenvalue weighted by atomic mass is 9.99. The Morgan fingerprint density at radius 3 is 2.38 bits per heavy atom. The van der Waals surface area contributed by atoms with Gasteiger partial charge in [-0.05, 0) is 13.0 Å². The Bertz CT molecular complexity index is 226.